The van der Waals surface area contributed by atoms with Gasteiger partial charge in [-0.2, -0.15) is 0 Å². The van der Waals surface area contributed by atoms with E-state index in [1.54, 1.807) is 0 Å². The molecule has 0 N–H and O–H groups in total. The van der Waals surface area contributed by atoms with Gasteiger partial charge < -0.3 is 18.9 Å². The summed E-state index contributed by atoms with van der Waals surface area (Å²) in [6.45, 7) is 3.59. The van der Waals surface area contributed by atoms with Gasteiger partial charge in [-0.3, -0.25) is 9.59 Å². The van der Waals surface area contributed by atoms with Gasteiger partial charge >= 0.3 is 11.9 Å². The maximum Gasteiger partial charge on any atom is 0.311 e. The highest BCUT2D eigenvalue weighted by Crippen LogP contribution is 2.40. The van der Waals surface area contributed by atoms with Crippen LogP contribution in [0, 0.1) is 23.7 Å². The van der Waals surface area contributed by atoms with E-state index in [9.17, 15) is 9.59 Å². The van der Waals surface area contributed by atoms with Crippen LogP contribution in [-0.4, -0.2) is 50.1 Å². The molecule has 5 atom stereocenters. The fraction of sp³-hybridized carbons (Fsp3) is 0.909. The number of fused-ring (bicyclic) bond motifs is 1. The molecule has 2 aliphatic heterocycles. The lowest BCUT2D eigenvalue weighted by Gasteiger charge is -2.29. The molecule has 0 aromatic carbocycles. The van der Waals surface area contributed by atoms with Crippen molar-refractivity contribution in [2.45, 2.75) is 83.0 Å². The largest absolute Gasteiger partial charge is 0.465 e. The van der Waals surface area contributed by atoms with Crippen LogP contribution >= 0.6 is 0 Å². The highest BCUT2D eigenvalue weighted by atomic mass is 16.6. The minimum atomic E-state index is -0.0997. The molecular formula is C22H34O6. The Bertz CT molecular complexity index is 547. The predicted molar refractivity (Wildman–Crippen MR) is 102 cm³/mol. The third-order valence-corrected chi connectivity index (χ3v) is 7.06. The van der Waals surface area contributed by atoms with E-state index in [0.29, 0.717) is 43.9 Å². The number of ether oxygens (including phenoxy) is 4. The van der Waals surface area contributed by atoms with Crippen molar-refractivity contribution in [2.75, 3.05) is 19.8 Å². The van der Waals surface area contributed by atoms with Crippen LogP contribution in [0.5, 0.6) is 0 Å². The van der Waals surface area contributed by atoms with Gasteiger partial charge in [-0.05, 0) is 76.5 Å². The fourth-order valence-corrected chi connectivity index (χ4v) is 4.89. The lowest BCUT2D eigenvalue weighted by Crippen LogP contribution is -2.32. The van der Waals surface area contributed by atoms with E-state index in [1.807, 2.05) is 6.92 Å². The Balaban J connectivity index is 1.08. The second-order valence-corrected chi connectivity index (χ2v) is 9.29. The van der Waals surface area contributed by atoms with Crippen LogP contribution in [0.2, 0.25) is 0 Å². The summed E-state index contributed by atoms with van der Waals surface area (Å²) in [6.07, 6.45) is 9.68. The summed E-state index contributed by atoms with van der Waals surface area (Å²) in [5.74, 6) is 0.680. The Labute approximate surface area is 167 Å². The highest BCUT2D eigenvalue weighted by Gasteiger charge is 2.46. The molecule has 0 bridgehead atoms. The molecule has 6 heteroatoms. The van der Waals surface area contributed by atoms with Gasteiger partial charge in [0.15, 0.2) is 0 Å². The van der Waals surface area contributed by atoms with Crippen molar-refractivity contribution in [1.82, 2.24) is 0 Å². The van der Waals surface area contributed by atoms with Gasteiger partial charge in [0.1, 0.15) is 0 Å². The number of hydrogen-bond acceptors (Lipinski definition) is 6. The maximum absolute atomic E-state index is 12.3. The maximum atomic E-state index is 12.3. The van der Waals surface area contributed by atoms with E-state index in [2.05, 4.69) is 0 Å². The van der Waals surface area contributed by atoms with Crippen molar-refractivity contribution in [2.24, 2.45) is 23.7 Å². The highest BCUT2D eigenvalue weighted by molar-refractivity contribution is 5.73. The number of hydrogen-bond donors (Lipinski definition) is 0. The SMILES string of the molecule is CC1CCC(C(=O)OCC2CCC(COC(=O)C3CCC4OC4C3)CC2)CO1. The topological polar surface area (TPSA) is 74.4 Å². The van der Waals surface area contributed by atoms with E-state index in [4.69, 9.17) is 18.9 Å². The zero-order valence-electron chi connectivity index (χ0n) is 17.0. The summed E-state index contributed by atoms with van der Waals surface area (Å²) >= 11 is 0. The summed E-state index contributed by atoms with van der Waals surface area (Å²) < 4.78 is 22.2. The van der Waals surface area contributed by atoms with Crippen LogP contribution in [0.3, 0.4) is 0 Å². The quantitative estimate of drug-likeness (QED) is 0.508. The lowest BCUT2D eigenvalue weighted by molar-refractivity contribution is -0.157. The molecule has 4 fully saturated rings. The Morgan fingerprint density at radius 2 is 1.39 bits per heavy atom. The number of rotatable bonds is 6. The Morgan fingerprint density at radius 3 is 1.96 bits per heavy atom. The Kier molecular flexibility index (Phi) is 6.56. The summed E-state index contributed by atoms with van der Waals surface area (Å²) in [6, 6.07) is 0. The number of epoxide rings is 1. The van der Waals surface area contributed by atoms with Gasteiger partial charge in [0.25, 0.3) is 0 Å². The van der Waals surface area contributed by atoms with Crippen LogP contribution in [0.15, 0.2) is 0 Å². The van der Waals surface area contributed by atoms with Crippen molar-refractivity contribution in [1.29, 1.82) is 0 Å². The van der Waals surface area contributed by atoms with Gasteiger partial charge in [-0.25, -0.2) is 0 Å². The molecular weight excluding hydrogens is 360 g/mol. The second kappa shape index (κ2) is 9.12. The van der Waals surface area contributed by atoms with Crippen LogP contribution in [-0.2, 0) is 28.5 Å². The first-order valence-electron chi connectivity index (χ1n) is 11.2. The molecule has 2 saturated carbocycles. The van der Waals surface area contributed by atoms with E-state index in [1.165, 1.54) is 0 Å². The normalized spacial score (nSPS) is 40.2. The molecule has 4 aliphatic rings. The van der Waals surface area contributed by atoms with E-state index >= 15 is 0 Å². The average molecular weight is 395 g/mol. The van der Waals surface area contributed by atoms with Crippen molar-refractivity contribution in [3.05, 3.63) is 0 Å². The zero-order chi connectivity index (χ0) is 19.5. The average Bonchev–Trinajstić information content (AvgIpc) is 3.50. The molecule has 6 nitrogen and oxygen atoms in total. The van der Waals surface area contributed by atoms with E-state index in [0.717, 1.165) is 57.8 Å². The van der Waals surface area contributed by atoms with Gasteiger partial charge in [-0.1, -0.05) is 0 Å². The van der Waals surface area contributed by atoms with Crippen LogP contribution in [0.25, 0.3) is 0 Å². The van der Waals surface area contributed by atoms with Crippen molar-refractivity contribution in [3.8, 4) is 0 Å². The summed E-state index contributed by atoms with van der Waals surface area (Å²) in [5.41, 5.74) is 0. The first-order chi connectivity index (χ1) is 13.6. The predicted octanol–water partition coefficient (Wildman–Crippen LogP) is 3.26. The third kappa shape index (κ3) is 5.26. The fourth-order valence-electron chi connectivity index (χ4n) is 4.89. The van der Waals surface area contributed by atoms with Gasteiger partial charge in [0.05, 0.1) is 50.0 Å². The van der Waals surface area contributed by atoms with Crippen molar-refractivity contribution >= 4 is 11.9 Å². The molecule has 4 rings (SSSR count). The third-order valence-electron chi connectivity index (χ3n) is 7.06. The molecule has 0 amide bonds. The smallest absolute Gasteiger partial charge is 0.311 e. The molecule has 5 unspecified atom stereocenters. The van der Waals surface area contributed by atoms with E-state index < -0.39 is 0 Å². The van der Waals surface area contributed by atoms with Gasteiger partial charge in [0, 0.05) is 0 Å². The zero-order valence-corrected chi connectivity index (χ0v) is 17.0. The first kappa shape index (κ1) is 20.1. The van der Waals surface area contributed by atoms with Gasteiger partial charge in [0.2, 0.25) is 0 Å². The Hall–Kier alpha value is -1.14. The summed E-state index contributed by atoms with van der Waals surface area (Å²) in [4.78, 5) is 24.5. The second-order valence-electron chi connectivity index (χ2n) is 9.29. The van der Waals surface area contributed by atoms with Crippen LogP contribution in [0.1, 0.15) is 64.7 Å². The summed E-state index contributed by atoms with van der Waals surface area (Å²) in [5, 5.41) is 0. The molecule has 0 radical (unpaired) electrons. The van der Waals surface area contributed by atoms with Crippen LogP contribution in [0.4, 0.5) is 0 Å². The number of carbonyl (C=O) groups excluding carboxylic acids is 2. The van der Waals surface area contributed by atoms with Crippen molar-refractivity contribution < 1.29 is 28.5 Å². The molecule has 2 saturated heterocycles. The standard InChI is InChI=1S/C22H34O6/c1-14-2-7-18(13-25-14)22(24)27-12-16-5-3-15(4-6-16)11-26-21(23)17-8-9-19-20(10-17)28-19/h14-20H,2-13H2,1H3. The molecule has 2 heterocycles. The monoisotopic (exact) mass is 394 g/mol. The van der Waals surface area contributed by atoms with Crippen molar-refractivity contribution in [3.63, 3.8) is 0 Å². The molecule has 0 aromatic heterocycles. The minimum absolute atomic E-state index is 0.0333. The molecule has 158 valence electrons. The van der Waals surface area contributed by atoms with E-state index in [-0.39, 0.29) is 29.9 Å². The molecule has 0 aromatic rings. The van der Waals surface area contributed by atoms with Gasteiger partial charge in [-0.15, -0.1) is 0 Å². The molecule has 0 spiro atoms. The number of esters is 2. The lowest BCUT2D eigenvalue weighted by atomic mass is 9.83. The first-order valence-corrected chi connectivity index (χ1v) is 11.2. The minimum Gasteiger partial charge on any atom is -0.465 e. The molecule has 2 aliphatic carbocycles. The number of carbonyl (C=O) groups is 2. The van der Waals surface area contributed by atoms with Crippen LogP contribution < -0.4 is 0 Å². The molecule has 28 heavy (non-hydrogen) atoms. The summed E-state index contributed by atoms with van der Waals surface area (Å²) in [7, 11) is 0. The Morgan fingerprint density at radius 1 is 0.786 bits per heavy atom.